The molecule has 9 heteroatoms. The van der Waals surface area contributed by atoms with E-state index in [-0.39, 0.29) is 17.3 Å². The summed E-state index contributed by atoms with van der Waals surface area (Å²) in [5.41, 5.74) is 2.27. The fourth-order valence-electron chi connectivity index (χ4n) is 4.17. The third-order valence-electron chi connectivity index (χ3n) is 6.41. The molecular formula is C30H36ClN3O4S. The number of nitrogens with one attached hydrogen (secondary N) is 1. The van der Waals surface area contributed by atoms with Gasteiger partial charge in [-0.1, -0.05) is 79.9 Å². The predicted octanol–water partition coefficient (Wildman–Crippen LogP) is 5.57. The molecule has 0 bridgehead atoms. The summed E-state index contributed by atoms with van der Waals surface area (Å²) < 4.78 is 28.6. The second kappa shape index (κ2) is 14.1. The smallest absolute Gasteiger partial charge is 0.264 e. The van der Waals surface area contributed by atoms with Gasteiger partial charge in [0.1, 0.15) is 12.6 Å². The molecule has 1 atom stereocenters. The van der Waals surface area contributed by atoms with Crippen molar-refractivity contribution >= 4 is 39.1 Å². The number of hydrogen-bond donors (Lipinski definition) is 1. The number of halogens is 1. The van der Waals surface area contributed by atoms with Crippen molar-refractivity contribution in [3.05, 3.63) is 95.0 Å². The van der Waals surface area contributed by atoms with Gasteiger partial charge in [0.05, 0.1) is 10.6 Å². The standard InChI is InChI=1S/C30H36ClN3O4S/c1-4-6-20-32-30(36)28(5-2)33(21-24-14-12-23(3)13-15-24)29(35)22-34(26-10-8-7-9-11-26)39(37,38)27-18-16-25(31)17-19-27/h7-19,28H,4-6,20-22H2,1-3H3,(H,32,36)/t28-/m1/s1. The highest BCUT2D eigenvalue weighted by Crippen LogP contribution is 2.25. The number of aryl methyl sites for hydroxylation is 1. The lowest BCUT2D eigenvalue weighted by molar-refractivity contribution is -0.140. The van der Waals surface area contributed by atoms with Crippen LogP contribution in [0.25, 0.3) is 0 Å². The van der Waals surface area contributed by atoms with Gasteiger partial charge in [-0.2, -0.15) is 0 Å². The van der Waals surface area contributed by atoms with Gasteiger partial charge >= 0.3 is 0 Å². The minimum atomic E-state index is -4.12. The average Bonchev–Trinajstić information content (AvgIpc) is 2.93. The topological polar surface area (TPSA) is 86.8 Å². The minimum Gasteiger partial charge on any atom is -0.354 e. The van der Waals surface area contributed by atoms with Gasteiger partial charge in [0, 0.05) is 18.1 Å². The Kier molecular flexibility index (Phi) is 10.9. The average molecular weight is 570 g/mol. The van der Waals surface area contributed by atoms with Crippen LogP contribution in [0, 0.1) is 6.92 Å². The summed E-state index contributed by atoms with van der Waals surface area (Å²) in [7, 11) is -4.12. The molecule has 0 saturated heterocycles. The Morgan fingerprint density at radius 1 is 0.923 bits per heavy atom. The van der Waals surface area contributed by atoms with E-state index in [0.717, 1.165) is 28.3 Å². The number of unbranched alkanes of at least 4 members (excludes halogenated alkanes) is 1. The molecule has 0 aliphatic heterocycles. The first-order valence-electron chi connectivity index (χ1n) is 13.1. The van der Waals surface area contributed by atoms with Crippen molar-refractivity contribution in [3.63, 3.8) is 0 Å². The summed E-state index contributed by atoms with van der Waals surface area (Å²) in [5, 5.41) is 3.34. The fraction of sp³-hybridized carbons (Fsp3) is 0.333. The molecule has 7 nitrogen and oxygen atoms in total. The predicted molar refractivity (Wildman–Crippen MR) is 156 cm³/mol. The Labute approximate surface area is 236 Å². The lowest BCUT2D eigenvalue weighted by Crippen LogP contribution is -2.52. The zero-order chi connectivity index (χ0) is 28.4. The molecule has 208 valence electrons. The van der Waals surface area contributed by atoms with Gasteiger partial charge in [0.25, 0.3) is 10.0 Å². The first-order valence-corrected chi connectivity index (χ1v) is 14.9. The highest BCUT2D eigenvalue weighted by atomic mass is 35.5. The zero-order valence-electron chi connectivity index (χ0n) is 22.6. The van der Waals surface area contributed by atoms with Crippen molar-refractivity contribution in [2.24, 2.45) is 0 Å². The summed E-state index contributed by atoms with van der Waals surface area (Å²) in [6.07, 6.45) is 2.14. The van der Waals surface area contributed by atoms with Gasteiger partial charge in [0.2, 0.25) is 11.8 Å². The van der Waals surface area contributed by atoms with Crippen molar-refractivity contribution in [2.75, 3.05) is 17.4 Å². The van der Waals surface area contributed by atoms with Crippen LogP contribution in [0.4, 0.5) is 5.69 Å². The first kappa shape index (κ1) is 30.2. The van der Waals surface area contributed by atoms with E-state index < -0.39 is 28.5 Å². The van der Waals surface area contributed by atoms with Gasteiger partial charge in [-0.3, -0.25) is 13.9 Å². The van der Waals surface area contributed by atoms with E-state index in [1.165, 1.54) is 29.2 Å². The third-order valence-corrected chi connectivity index (χ3v) is 8.45. The Morgan fingerprint density at radius 3 is 2.15 bits per heavy atom. The molecular weight excluding hydrogens is 534 g/mol. The quantitative estimate of drug-likeness (QED) is 0.273. The van der Waals surface area contributed by atoms with Crippen LogP contribution < -0.4 is 9.62 Å². The second-order valence-corrected chi connectivity index (χ2v) is 11.7. The normalized spacial score (nSPS) is 12.0. The number of rotatable bonds is 13. The van der Waals surface area contributed by atoms with Crippen molar-refractivity contribution in [3.8, 4) is 0 Å². The van der Waals surface area contributed by atoms with E-state index in [4.69, 9.17) is 11.6 Å². The molecule has 3 aromatic rings. The number of hydrogen-bond acceptors (Lipinski definition) is 4. The van der Waals surface area contributed by atoms with E-state index in [0.29, 0.717) is 23.7 Å². The van der Waals surface area contributed by atoms with Crippen LogP contribution >= 0.6 is 11.6 Å². The molecule has 3 aromatic carbocycles. The molecule has 0 unspecified atom stereocenters. The Bertz CT molecular complexity index is 1330. The molecule has 0 fully saturated rings. The Balaban J connectivity index is 2.00. The van der Waals surface area contributed by atoms with Crippen LogP contribution in [0.3, 0.4) is 0 Å². The molecule has 0 spiro atoms. The van der Waals surface area contributed by atoms with E-state index in [1.807, 2.05) is 45.0 Å². The van der Waals surface area contributed by atoms with Gasteiger partial charge in [0.15, 0.2) is 0 Å². The number of carbonyl (C=O) groups excluding carboxylic acids is 2. The van der Waals surface area contributed by atoms with E-state index >= 15 is 0 Å². The van der Waals surface area contributed by atoms with Crippen LogP contribution in [0.2, 0.25) is 5.02 Å². The lowest BCUT2D eigenvalue weighted by atomic mass is 10.1. The van der Waals surface area contributed by atoms with Crippen molar-refractivity contribution < 1.29 is 18.0 Å². The van der Waals surface area contributed by atoms with Crippen LogP contribution in [-0.4, -0.2) is 44.3 Å². The molecule has 0 aliphatic carbocycles. The van der Waals surface area contributed by atoms with Crippen molar-refractivity contribution in [2.45, 2.75) is 57.5 Å². The van der Waals surface area contributed by atoms with E-state index in [2.05, 4.69) is 5.32 Å². The monoisotopic (exact) mass is 569 g/mol. The SMILES string of the molecule is CCCCNC(=O)[C@@H](CC)N(Cc1ccc(C)cc1)C(=O)CN(c1ccccc1)S(=O)(=O)c1ccc(Cl)cc1. The summed E-state index contributed by atoms with van der Waals surface area (Å²) >= 11 is 5.99. The number of anilines is 1. The fourth-order valence-corrected chi connectivity index (χ4v) is 5.71. The van der Waals surface area contributed by atoms with Gasteiger partial charge < -0.3 is 10.2 Å². The number of carbonyl (C=O) groups is 2. The number of nitrogens with zero attached hydrogens (tertiary/aromatic N) is 2. The van der Waals surface area contributed by atoms with Crippen molar-refractivity contribution in [1.29, 1.82) is 0 Å². The molecule has 0 saturated carbocycles. The number of para-hydroxylation sites is 1. The summed E-state index contributed by atoms with van der Waals surface area (Å²) in [6.45, 7) is 6.07. The van der Waals surface area contributed by atoms with Crippen molar-refractivity contribution in [1.82, 2.24) is 10.2 Å². The maximum Gasteiger partial charge on any atom is 0.264 e. The second-order valence-electron chi connectivity index (χ2n) is 9.38. The Hall–Kier alpha value is -3.36. The van der Waals surface area contributed by atoms with Gasteiger partial charge in [-0.25, -0.2) is 8.42 Å². The molecule has 2 amide bonds. The van der Waals surface area contributed by atoms with Crippen LogP contribution in [0.15, 0.2) is 83.8 Å². The molecule has 0 heterocycles. The maximum absolute atomic E-state index is 14.0. The summed E-state index contributed by atoms with van der Waals surface area (Å²) in [5.74, 6) is -0.729. The van der Waals surface area contributed by atoms with Crippen LogP contribution in [0.5, 0.6) is 0 Å². The zero-order valence-corrected chi connectivity index (χ0v) is 24.2. The Morgan fingerprint density at radius 2 is 1.56 bits per heavy atom. The largest absolute Gasteiger partial charge is 0.354 e. The third kappa shape index (κ3) is 8.07. The number of benzene rings is 3. The maximum atomic E-state index is 14.0. The van der Waals surface area contributed by atoms with E-state index in [1.54, 1.807) is 30.3 Å². The van der Waals surface area contributed by atoms with Crippen LogP contribution in [-0.2, 0) is 26.2 Å². The highest BCUT2D eigenvalue weighted by Gasteiger charge is 2.33. The number of sulfonamides is 1. The van der Waals surface area contributed by atoms with Gasteiger partial charge in [-0.05, 0) is 61.7 Å². The summed E-state index contributed by atoms with van der Waals surface area (Å²) in [6, 6.07) is 21.3. The van der Waals surface area contributed by atoms with Gasteiger partial charge in [-0.15, -0.1) is 0 Å². The molecule has 0 aliphatic rings. The highest BCUT2D eigenvalue weighted by molar-refractivity contribution is 7.92. The molecule has 3 rings (SSSR count). The molecule has 0 aromatic heterocycles. The van der Waals surface area contributed by atoms with Crippen LogP contribution in [0.1, 0.15) is 44.2 Å². The lowest BCUT2D eigenvalue weighted by Gasteiger charge is -2.33. The summed E-state index contributed by atoms with van der Waals surface area (Å²) in [4.78, 5) is 28.7. The molecule has 1 N–H and O–H groups in total. The number of amides is 2. The first-order chi connectivity index (χ1) is 18.7. The molecule has 39 heavy (non-hydrogen) atoms. The van der Waals surface area contributed by atoms with E-state index in [9.17, 15) is 18.0 Å². The molecule has 0 radical (unpaired) electrons. The minimum absolute atomic E-state index is 0.0120.